The fourth-order valence-electron chi connectivity index (χ4n) is 1.92. The number of alkyl halides is 3. The Balaban J connectivity index is 2.32. The summed E-state index contributed by atoms with van der Waals surface area (Å²) in [6.07, 6.45) is 0.459. The Morgan fingerprint density at radius 3 is 2.71 bits per heavy atom. The van der Waals surface area contributed by atoms with Crippen molar-refractivity contribution in [3.8, 4) is 0 Å². The Morgan fingerprint density at radius 1 is 1.47 bits per heavy atom. The van der Waals surface area contributed by atoms with Gasteiger partial charge in [-0.1, -0.05) is 11.6 Å². The first-order chi connectivity index (χ1) is 7.88. The normalized spacial score (nSPS) is 18.5. The van der Waals surface area contributed by atoms with E-state index in [0.717, 1.165) is 31.3 Å². The van der Waals surface area contributed by atoms with Crippen molar-refractivity contribution in [1.82, 2.24) is 5.32 Å². The van der Waals surface area contributed by atoms with Crippen molar-refractivity contribution < 1.29 is 18.0 Å². The molecule has 0 spiro atoms. The SMILES string of the molecule is CC(NC(=O)CCC(F)(F)F)C1=CCCCC1. The molecule has 1 rings (SSSR count). The Kier molecular flexibility index (Phi) is 5.02. The van der Waals surface area contributed by atoms with E-state index in [0.29, 0.717) is 0 Å². The van der Waals surface area contributed by atoms with Crippen LogP contribution in [0.3, 0.4) is 0 Å². The highest BCUT2D eigenvalue weighted by molar-refractivity contribution is 5.76. The number of halogens is 3. The Labute approximate surface area is 99.3 Å². The number of hydrogen-bond donors (Lipinski definition) is 1. The molecule has 0 aromatic rings. The van der Waals surface area contributed by atoms with Gasteiger partial charge in [0, 0.05) is 12.5 Å². The van der Waals surface area contributed by atoms with E-state index in [1.807, 2.05) is 6.92 Å². The number of hydrogen-bond acceptors (Lipinski definition) is 1. The molecule has 0 saturated heterocycles. The summed E-state index contributed by atoms with van der Waals surface area (Å²) >= 11 is 0. The van der Waals surface area contributed by atoms with Gasteiger partial charge in [0.25, 0.3) is 0 Å². The van der Waals surface area contributed by atoms with E-state index in [9.17, 15) is 18.0 Å². The van der Waals surface area contributed by atoms with Gasteiger partial charge in [-0.3, -0.25) is 4.79 Å². The van der Waals surface area contributed by atoms with Crippen LogP contribution in [0.15, 0.2) is 11.6 Å². The molecular weight excluding hydrogens is 231 g/mol. The van der Waals surface area contributed by atoms with Crippen molar-refractivity contribution >= 4 is 5.91 Å². The Hall–Kier alpha value is -1.00. The molecule has 5 heteroatoms. The minimum absolute atomic E-state index is 0.143. The lowest BCUT2D eigenvalue weighted by atomic mass is 9.94. The summed E-state index contributed by atoms with van der Waals surface area (Å²) in [6, 6.07) is -0.143. The smallest absolute Gasteiger partial charge is 0.350 e. The molecule has 1 aliphatic carbocycles. The summed E-state index contributed by atoms with van der Waals surface area (Å²) < 4.78 is 35.7. The molecule has 0 aliphatic heterocycles. The number of allylic oxidation sites excluding steroid dienone is 1. The van der Waals surface area contributed by atoms with E-state index in [2.05, 4.69) is 11.4 Å². The molecule has 1 amide bonds. The molecule has 0 aromatic heterocycles. The van der Waals surface area contributed by atoms with E-state index < -0.39 is 24.9 Å². The Morgan fingerprint density at radius 2 is 2.18 bits per heavy atom. The van der Waals surface area contributed by atoms with Gasteiger partial charge >= 0.3 is 6.18 Å². The summed E-state index contributed by atoms with van der Waals surface area (Å²) in [6.45, 7) is 1.82. The van der Waals surface area contributed by atoms with Crippen molar-refractivity contribution in [2.75, 3.05) is 0 Å². The molecule has 17 heavy (non-hydrogen) atoms. The number of amides is 1. The van der Waals surface area contributed by atoms with Crippen LogP contribution in [0.1, 0.15) is 45.4 Å². The van der Waals surface area contributed by atoms with Crippen molar-refractivity contribution in [2.45, 2.75) is 57.7 Å². The van der Waals surface area contributed by atoms with Crippen LogP contribution in [0, 0.1) is 0 Å². The third-order valence-corrected chi connectivity index (χ3v) is 2.90. The minimum Gasteiger partial charge on any atom is -0.350 e. The maximum Gasteiger partial charge on any atom is 0.389 e. The van der Waals surface area contributed by atoms with Crippen LogP contribution in [0.25, 0.3) is 0 Å². The largest absolute Gasteiger partial charge is 0.389 e. The zero-order valence-corrected chi connectivity index (χ0v) is 9.94. The molecule has 1 atom stereocenters. The topological polar surface area (TPSA) is 29.1 Å². The van der Waals surface area contributed by atoms with Gasteiger partial charge < -0.3 is 5.32 Å². The second-order valence-electron chi connectivity index (χ2n) is 4.43. The second-order valence-corrected chi connectivity index (χ2v) is 4.43. The molecule has 98 valence electrons. The number of carbonyl (C=O) groups excluding carboxylic acids is 1. The molecule has 0 bridgehead atoms. The first-order valence-corrected chi connectivity index (χ1v) is 5.93. The van der Waals surface area contributed by atoms with Gasteiger partial charge in [0.2, 0.25) is 5.91 Å². The minimum atomic E-state index is -4.26. The lowest BCUT2D eigenvalue weighted by Crippen LogP contribution is -2.34. The van der Waals surface area contributed by atoms with Crippen LogP contribution in [-0.2, 0) is 4.79 Å². The third-order valence-electron chi connectivity index (χ3n) is 2.90. The standard InChI is InChI=1S/C12H18F3NO/c1-9(10-5-3-2-4-6-10)16-11(17)7-8-12(13,14)15/h5,9H,2-4,6-8H2,1H3,(H,16,17). The highest BCUT2D eigenvalue weighted by Gasteiger charge is 2.28. The van der Waals surface area contributed by atoms with Crippen LogP contribution in [0.5, 0.6) is 0 Å². The van der Waals surface area contributed by atoms with Gasteiger partial charge in [-0.15, -0.1) is 0 Å². The highest BCUT2D eigenvalue weighted by atomic mass is 19.4. The maximum absolute atomic E-state index is 11.9. The number of nitrogens with one attached hydrogen (secondary N) is 1. The summed E-state index contributed by atoms with van der Waals surface area (Å²) in [5.41, 5.74) is 1.14. The molecular formula is C12H18F3NO. The lowest BCUT2D eigenvalue weighted by Gasteiger charge is -2.21. The molecule has 1 N–H and O–H groups in total. The molecule has 0 saturated carbocycles. The van der Waals surface area contributed by atoms with Gasteiger partial charge in [0.15, 0.2) is 0 Å². The number of carbonyl (C=O) groups is 1. The van der Waals surface area contributed by atoms with E-state index in [4.69, 9.17) is 0 Å². The van der Waals surface area contributed by atoms with E-state index >= 15 is 0 Å². The average molecular weight is 249 g/mol. The van der Waals surface area contributed by atoms with Gasteiger partial charge in [-0.05, 0) is 32.6 Å². The fourth-order valence-corrected chi connectivity index (χ4v) is 1.92. The van der Waals surface area contributed by atoms with Crippen LogP contribution >= 0.6 is 0 Å². The van der Waals surface area contributed by atoms with Gasteiger partial charge in [-0.25, -0.2) is 0 Å². The van der Waals surface area contributed by atoms with Gasteiger partial charge in [0.05, 0.1) is 6.42 Å². The van der Waals surface area contributed by atoms with E-state index in [1.54, 1.807) is 0 Å². The first kappa shape index (κ1) is 14.1. The molecule has 1 unspecified atom stereocenters. The third kappa shape index (κ3) is 5.75. The maximum atomic E-state index is 11.9. The zero-order valence-electron chi connectivity index (χ0n) is 9.94. The molecule has 0 aromatic carbocycles. The molecule has 0 radical (unpaired) electrons. The molecule has 1 aliphatic rings. The quantitative estimate of drug-likeness (QED) is 0.761. The first-order valence-electron chi connectivity index (χ1n) is 5.93. The van der Waals surface area contributed by atoms with E-state index in [-0.39, 0.29) is 6.04 Å². The van der Waals surface area contributed by atoms with Crippen molar-refractivity contribution in [2.24, 2.45) is 0 Å². The summed E-state index contributed by atoms with van der Waals surface area (Å²) in [5.74, 6) is -0.527. The van der Waals surface area contributed by atoms with E-state index in [1.165, 1.54) is 0 Å². The van der Waals surface area contributed by atoms with Crippen LogP contribution in [-0.4, -0.2) is 18.1 Å². The fraction of sp³-hybridized carbons (Fsp3) is 0.750. The predicted molar refractivity (Wildman–Crippen MR) is 59.4 cm³/mol. The molecule has 2 nitrogen and oxygen atoms in total. The van der Waals surface area contributed by atoms with Crippen LogP contribution in [0.2, 0.25) is 0 Å². The van der Waals surface area contributed by atoms with Crippen LogP contribution in [0.4, 0.5) is 13.2 Å². The van der Waals surface area contributed by atoms with Crippen molar-refractivity contribution in [1.29, 1.82) is 0 Å². The van der Waals surface area contributed by atoms with Crippen LogP contribution < -0.4 is 5.32 Å². The summed E-state index contributed by atoms with van der Waals surface area (Å²) in [7, 11) is 0. The predicted octanol–water partition coefficient (Wildman–Crippen LogP) is 3.33. The van der Waals surface area contributed by atoms with Crippen molar-refractivity contribution in [3.63, 3.8) is 0 Å². The monoisotopic (exact) mass is 249 g/mol. The second kappa shape index (κ2) is 6.07. The van der Waals surface area contributed by atoms with Gasteiger partial charge in [-0.2, -0.15) is 13.2 Å². The van der Waals surface area contributed by atoms with Crippen molar-refractivity contribution in [3.05, 3.63) is 11.6 Å². The average Bonchev–Trinajstić information content (AvgIpc) is 2.27. The lowest BCUT2D eigenvalue weighted by molar-refractivity contribution is -0.144. The summed E-state index contributed by atoms with van der Waals surface area (Å²) in [5, 5.41) is 2.61. The molecule has 0 fully saturated rings. The zero-order chi connectivity index (χ0) is 12.9. The number of rotatable bonds is 4. The van der Waals surface area contributed by atoms with Gasteiger partial charge in [0.1, 0.15) is 0 Å². The summed E-state index contributed by atoms with van der Waals surface area (Å²) in [4.78, 5) is 11.3. The molecule has 0 heterocycles. The highest BCUT2D eigenvalue weighted by Crippen LogP contribution is 2.22. The Bertz CT molecular complexity index is 297.